The number of carboxylic acid groups (broad SMARTS) is 1. The summed E-state index contributed by atoms with van der Waals surface area (Å²) >= 11 is 0. The van der Waals surface area contributed by atoms with Gasteiger partial charge in [-0.3, -0.25) is 14.4 Å². The molecule has 10 nitrogen and oxygen atoms in total. The maximum absolute atomic E-state index is 14.4. The molecular formula is C39H53F2N3O7S. The fourth-order valence-corrected chi connectivity index (χ4v) is 8.13. The molecule has 0 bridgehead atoms. The van der Waals surface area contributed by atoms with Crippen LogP contribution in [0.4, 0.5) is 8.78 Å². The lowest BCUT2D eigenvalue weighted by Gasteiger charge is -2.32. The van der Waals surface area contributed by atoms with E-state index in [1.807, 2.05) is 45.0 Å². The minimum absolute atomic E-state index is 0.0432. The van der Waals surface area contributed by atoms with Crippen LogP contribution in [0.25, 0.3) is 0 Å². The molecule has 3 aromatic rings. The highest BCUT2D eigenvalue weighted by molar-refractivity contribution is 7.92. The number of amides is 2. The number of hydrogen-bond acceptors (Lipinski definition) is 7. The van der Waals surface area contributed by atoms with Gasteiger partial charge < -0.3 is 26.2 Å². The van der Waals surface area contributed by atoms with Gasteiger partial charge in [0.1, 0.15) is 11.6 Å². The Bertz CT molecular complexity index is 1660. The molecule has 3 aromatic carbocycles. The molecular weight excluding hydrogens is 693 g/mol. The van der Waals surface area contributed by atoms with Gasteiger partial charge in [-0.1, -0.05) is 76.1 Å². The van der Waals surface area contributed by atoms with Gasteiger partial charge >= 0.3 is 0 Å². The zero-order valence-electron chi connectivity index (χ0n) is 30.4. The van der Waals surface area contributed by atoms with Crippen LogP contribution in [0.15, 0.2) is 72.8 Å². The molecule has 0 heterocycles. The topological polar surface area (TPSA) is 167 Å². The van der Waals surface area contributed by atoms with Gasteiger partial charge in [-0.15, -0.1) is 0 Å². The van der Waals surface area contributed by atoms with E-state index in [1.165, 1.54) is 4.90 Å². The van der Waals surface area contributed by atoms with Crippen LogP contribution in [0.2, 0.25) is 0 Å². The first-order valence-corrected chi connectivity index (χ1v) is 19.3. The van der Waals surface area contributed by atoms with Gasteiger partial charge in [0, 0.05) is 44.2 Å². The SMILES string of the molecule is CC(=O)O.CCCC(CCC)S(=O)(=O)CC(CNC(=O)c1ccccc1)C(=O)N(Cc1cccc(CC)c1)C[C@@H](O)[C@@H](N)Cc1cc(F)cc(F)c1. The Morgan fingerprint density at radius 3 is 2.00 bits per heavy atom. The molecule has 5 N–H and O–H groups in total. The van der Waals surface area contributed by atoms with E-state index in [-0.39, 0.29) is 31.6 Å². The molecule has 0 aliphatic carbocycles. The van der Waals surface area contributed by atoms with Gasteiger partial charge in [-0.2, -0.15) is 0 Å². The summed E-state index contributed by atoms with van der Waals surface area (Å²) in [6, 6.07) is 18.0. The lowest BCUT2D eigenvalue weighted by atomic mass is 10.00. The highest BCUT2D eigenvalue weighted by Crippen LogP contribution is 2.21. The van der Waals surface area contributed by atoms with Gasteiger partial charge in [0.2, 0.25) is 5.91 Å². The molecule has 0 aliphatic rings. The molecule has 0 spiro atoms. The number of carboxylic acids is 1. The number of carbonyl (C=O) groups is 3. The van der Waals surface area contributed by atoms with E-state index < -0.39 is 68.3 Å². The van der Waals surface area contributed by atoms with E-state index in [0.717, 1.165) is 42.7 Å². The number of aliphatic carboxylic acids is 1. The second kappa shape index (κ2) is 22.0. The number of aliphatic hydroxyl groups is 1. The summed E-state index contributed by atoms with van der Waals surface area (Å²) in [6.45, 7) is 6.43. The van der Waals surface area contributed by atoms with Crippen LogP contribution in [-0.2, 0) is 38.8 Å². The highest BCUT2D eigenvalue weighted by Gasteiger charge is 2.35. The Morgan fingerprint density at radius 2 is 1.44 bits per heavy atom. The smallest absolute Gasteiger partial charge is 0.300 e. The summed E-state index contributed by atoms with van der Waals surface area (Å²) in [4.78, 5) is 37.8. The standard InChI is InChI=1S/C37H49F2N3O5S.C2H4O2/c1-4-11-33(12-5-2)48(46,47)25-30(22-41-36(44)29-15-8-7-9-16-29)37(45)42(23-27-14-10-13-26(6-3)17-27)24-35(43)34(40)20-28-18-31(38)21-32(39)19-28;1-2(3)4/h7-10,13-19,21,30,33-35,43H,4-6,11-12,20,22-25,40H2,1-3H3,(H,41,44);1H3,(H,3,4)/t30?,34-,35+;/m0./s1. The summed E-state index contributed by atoms with van der Waals surface area (Å²) in [5.74, 6) is -5.04. The normalized spacial score (nSPS) is 13.0. The summed E-state index contributed by atoms with van der Waals surface area (Å²) in [5, 5.41) is 20.8. The molecule has 1 unspecified atom stereocenters. The lowest BCUT2D eigenvalue weighted by Crippen LogP contribution is -2.50. The van der Waals surface area contributed by atoms with Crippen molar-refractivity contribution in [1.82, 2.24) is 10.2 Å². The van der Waals surface area contributed by atoms with E-state index in [0.29, 0.717) is 31.2 Å². The number of halogens is 2. The number of nitrogens with one attached hydrogen (secondary N) is 1. The minimum Gasteiger partial charge on any atom is -0.481 e. The van der Waals surface area contributed by atoms with Crippen LogP contribution in [0, 0.1) is 17.6 Å². The third-order valence-corrected chi connectivity index (χ3v) is 10.8. The van der Waals surface area contributed by atoms with E-state index in [2.05, 4.69) is 5.32 Å². The highest BCUT2D eigenvalue weighted by atomic mass is 32.2. The van der Waals surface area contributed by atoms with Crippen LogP contribution in [0.5, 0.6) is 0 Å². The average Bonchev–Trinajstić information content (AvgIpc) is 3.09. The van der Waals surface area contributed by atoms with Crippen molar-refractivity contribution in [2.75, 3.05) is 18.8 Å². The largest absolute Gasteiger partial charge is 0.481 e. The van der Waals surface area contributed by atoms with Gasteiger partial charge in [0.25, 0.3) is 11.9 Å². The predicted molar refractivity (Wildman–Crippen MR) is 198 cm³/mol. The van der Waals surface area contributed by atoms with Crippen LogP contribution in [0.1, 0.15) is 80.4 Å². The van der Waals surface area contributed by atoms with Crippen LogP contribution >= 0.6 is 0 Å². The molecule has 0 aromatic heterocycles. The molecule has 2 amide bonds. The number of rotatable bonds is 19. The van der Waals surface area contributed by atoms with E-state index in [1.54, 1.807) is 30.3 Å². The Balaban J connectivity index is 0.00000222. The van der Waals surface area contributed by atoms with Crippen molar-refractivity contribution in [2.45, 2.75) is 90.2 Å². The molecule has 52 heavy (non-hydrogen) atoms. The fourth-order valence-electron chi connectivity index (χ4n) is 5.85. The molecule has 0 fully saturated rings. The number of benzene rings is 3. The average molecular weight is 746 g/mol. The first-order chi connectivity index (χ1) is 24.6. The molecule has 3 rings (SSSR count). The maximum atomic E-state index is 14.4. The lowest BCUT2D eigenvalue weighted by molar-refractivity contribution is -0.137. The molecule has 0 saturated heterocycles. The third-order valence-electron chi connectivity index (χ3n) is 8.44. The van der Waals surface area contributed by atoms with Crippen molar-refractivity contribution in [2.24, 2.45) is 11.7 Å². The Morgan fingerprint density at radius 1 is 0.865 bits per heavy atom. The summed E-state index contributed by atoms with van der Waals surface area (Å²) < 4.78 is 55.2. The van der Waals surface area contributed by atoms with E-state index >= 15 is 0 Å². The minimum atomic E-state index is -3.77. The number of aryl methyl sites for hydroxylation is 1. The summed E-state index contributed by atoms with van der Waals surface area (Å²) in [5.41, 5.74) is 8.71. The van der Waals surface area contributed by atoms with Crippen molar-refractivity contribution >= 4 is 27.6 Å². The third kappa shape index (κ3) is 15.2. The van der Waals surface area contributed by atoms with Crippen molar-refractivity contribution in [3.05, 3.63) is 107 Å². The first kappa shape index (κ1) is 44.0. The fraction of sp³-hybridized carbons (Fsp3) is 0.462. The number of aliphatic hydroxyl groups excluding tert-OH is 1. The van der Waals surface area contributed by atoms with Crippen molar-refractivity contribution in [1.29, 1.82) is 0 Å². The van der Waals surface area contributed by atoms with Crippen LogP contribution in [0.3, 0.4) is 0 Å². The quantitative estimate of drug-likeness (QED) is 0.128. The Kier molecular flexibility index (Phi) is 18.6. The van der Waals surface area contributed by atoms with Gasteiger partial charge in [-0.05, 0) is 66.6 Å². The van der Waals surface area contributed by atoms with Crippen molar-refractivity contribution in [3.63, 3.8) is 0 Å². The van der Waals surface area contributed by atoms with Gasteiger partial charge in [0.05, 0.1) is 23.0 Å². The van der Waals surface area contributed by atoms with Crippen molar-refractivity contribution < 1.29 is 41.8 Å². The molecule has 13 heteroatoms. The Hall–Kier alpha value is -4.20. The van der Waals surface area contributed by atoms with Crippen molar-refractivity contribution in [3.8, 4) is 0 Å². The molecule has 3 atom stereocenters. The van der Waals surface area contributed by atoms with E-state index in [4.69, 9.17) is 15.6 Å². The molecule has 0 aliphatic heterocycles. The molecule has 0 radical (unpaired) electrons. The first-order valence-electron chi connectivity index (χ1n) is 17.6. The van der Waals surface area contributed by atoms with Gasteiger partial charge in [0.15, 0.2) is 9.84 Å². The van der Waals surface area contributed by atoms with Crippen LogP contribution < -0.4 is 11.1 Å². The molecule has 0 saturated carbocycles. The number of carbonyl (C=O) groups excluding carboxylic acids is 2. The van der Waals surface area contributed by atoms with Gasteiger partial charge in [-0.25, -0.2) is 17.2 Å². The second-order valence-corrected chi connectivity index (χ2v) is 15.3. The zero-order chi connectivity index (χ0) is 38.8. The number of sulfone groups is 1. The Labute approximate surface area is 306 Å². The summed E-state index contributed by atoms with van der Waals surface area (Å²) in [6.07, 6.45) is 1.59. The number of nitrogens with two attached hydrogens (primary N) is 1. The number of nitrogens with zero attached hydrogens (tertiary/aromatic N) is 1. The number of hydrogen-bond donors (Lipinski definition) is 4. The monoisotopic (exact) mass is 745 g/mol. The maximum Gasteiger partial charge on any atom is 0.300 e. The predicted octanol–water partition coefficient (Wildman–Crippen LogP) is 5.31. The van der Waals surface area contributed by atoms with Crippen LogP contribution in [-0.4, -0.2) is 77.6 Å². The second-order valence-electron chi connectivity index (χ2n) is 12.9. The summed E-state index contributed by atoms with van der Waals surface area (Å²) in [7, 11) is -3.77. The molecule has 286 valence electrons. The van der Waals surface area contributed by atoms with E-state index in [9.17, 15) is 31.9 Å². The zero-order valence-corrected chi connectivity index (χ0v) is 31.2.